The number of hydrogen-bond donors (Lipinski definition) is 1. The summed E-state index contributed by atoms with van der Waals surface area (Å²) >= 11 is 0. The summed E-state index contributed by atoms with van der Waals surface area (Å²) in [6.45, 7) is 13.0. The monoisotopic (exact) mass is 270 g/mol. The quantitative estimate of drug-likeness (QED) is 0.778. The zero-order valence-corrected chi connectivity index (χ0v) is 13.2. The fourth-order valence-electron chi connectivity index (χ4n) is 2.61. The highest BCUT2D eigenvalue weighted by Gasteiger charge is 2.31. The molecule has 4 heteroatoms. The molecule has 1 unspecified atom stereocenters. The largest absolute Gasteiger partial charge is 0.459 e. The summed E-state index contributed by atoms with van der Waals surface area (Å²) in [5.41, 5.74) is -0.405. The van der Waals surface area contributed by atoms with E-state index in [0.29, 0.717) is 6.04 Å². The van der Waals surface area contributed by atoms with Crippen LogP contribution in [0.25, 0.3) is 0 Å². The summed E-state index contributed by atoms with van der Waals surface area (Å²) in [6.07, 6.45) is 3.30. The second kappa shape index (κ2) is 7.25. The van der Waals surface area contributed by atoms with Crippen molar-refractivity contribution in [1.29, 1.82) is 0 Å². The number of rotatable bonds is 5. The fourth-order valence-corrected chi connectivity index (χ4v) is 2.61. The predicted octanol–water partition coefficient (Wildman–Crippen LogP) is 2.18. The Labute approximate surface area is 117 Å². The van der Waals surface area contributed by atoms with Gasteiger partial charge in [0, 0.05) is 6.04 Å². The van der Waals surface area contributed by atoms with Crippen molar-refractivity contribution in [1.82, 2.24) is 10.2 Å². The molecule has 0 aromatic heterocycles. The number of carbonyl (C=O) groups is 1. The summed E-state index contributed by atoms with van der Waals surface area (Å²) in [5.74, 6) is -0.0977. The zero-order chi connectivity index (χ0) is 14.5. The van der Waals surface area contributed by atoms with Gasteiger partial charge >= 0.3 is 5.97 Å². The van der Waals surface area contributed by atoms with Gasteiger partial charge in [0.15, 0.2) is 0 Å². The Morgan fingerprint density at radius 1 is 1.37 bits per heavy atom. The van der Waals surface area contributed by atoms with Crippen LogP contribution >= 0.6 is 0 Å². The number of esters is 1. The molecule has 1 aliphatic heterocycles. The van der Waals surface area contributed by atoms with E-state index >= 15 is 0 Å². The number of ether oxygens (including phenoxy) is 1. The van der Waals surface area contributed by atoms with Gasteiger partial charge in [-0.05, 0) is 66.6 Å². The van der Waals surface area contributed by atoms with Gasteiger partial charge in [-0.1, -0.05) is 6.92 Å². The van der Waals surface area contributed by atoms with E-state index in [2.05, 4.69) is 17.1 Å². The molecule has 1 heterocycles. The van der Waals surface area contributed by atoms with Crippen LogP contribution in [0.1, 0.15) is 53.9 Å². The van der Waals surface area contributed by atoms with Gasteiger partial charge in [0.2, 0.25) is 0 Å². The predicted molar refractivity (Wildman–Crippen MR) is 78.2 cm³/mol. The maximum atomic E-state index is 12.2. The number of carbonyl (C=O) groups excluding carboxylic acids is 1. The minimum Gasteiger partial charge on any atom is -0.459 e. The average molecular weight is 270 g/mol. The van der Waals surface area contributed by atoms with Crippen LogP contribution in [0.15, 0.2) is 0 Å². The number of nitrogens with one attached hydrogen (secondary N) is 1. The number of hydrogen-bond acceptors (Lipinski definition) is 4. The molecular formula is C15H30N2O2. The van der Waals surface area contributed by atoms with Crippen LogP contribution in [-0.2, 0) is 9.53 Å². The highest BCUT2D eigenvalue weighted by atomic mass is 16.6. The SMILES string of the molecule is CCCN(C1CCNCC1)C(C)C(=O)OC(C)(C)C. The summed E-state index contributed by atoms with van der Waals surface area (Å²) in [5, 5.41) is 3.38. The highest BCUT2D eigenvalue weighted by Crippen LogP contribution is 2.18. The molecule has 1 rings (SSSR count). The first-order valence-corrected chi connectivity index (χ1v) is 7.54. The molecule has 1 saturated heterocycles. The van der Waals surface area contributed by atoms with E-state index in [1.807, 2.05) is 27.7 Å². The van der Waals surface area contributed by atoms with Crippen molar-refractivity contribution in [3.05, 3.63) is 0 Å². The van der Waals surface area contributed by atoms with Crippen molar-refractivity contribution in [3.8, 4) is 0 Å². The van der Waals surface area contributed by atoms with Crippen molar-refractivity contribution in [3.63, 3.8) is 0 Å². The van der Waals surface area contributed by atoms with Crippen LogP contribution in [0.2, 0.25) is 0 Å². The Morgan fingerprint density at radius 2 is 1.95 bits per heavy atom. The van der Waals surface area contributed by atoms with Gasteiger partial charge in [-0.2, -0.15) is 0 Å². The second-order valence-corrected chi connectivity index (χ2v) is 6.43. The molecule has 0 spiro atoms. The van der Waals surface area contributed by atoms with E-state index in [4.69, 9.17) is 4.74 Å². The zero-order valence-electron chi connectivity index (χ0n) is 13.2. The first kappa shape index (κ1) is 16.4. The lowest BCUT2D eigenvalue weighted by Crippen LogP contribution is -2.51. The Balaban J connectivity index is 2.65. The van der Waals surface area contributed by atoms with Crippen molar-refractivity contribution >= 4 is 5.97 Å². The lowest BCUT2D eigenvalue weighted by molar-refractivity contribution is -0.162. The highest BCUT2D eigenvalue weighted by molar-refractivity contribution is 5.75. The summed E-state index contributed by atoms with van der Waals surface area (Å²) in [4.78, 5) is 14.6. The maximum Gasteiger partial charge on any atom is 0.323 e. The van der Waals surface area contributed by atoms with Crippen LogP contribution in [0.4, 0.5) is 0 Å². The fraction of sp³-hybridized carbons (Fsp3) is 0.933. The van der Waals surface area contributed by atoms with E-state index in [-0.39, 0.29) is 12.0 Å². The summed E-state index contributed by atoms with van der Waals surface area (Å²) in [6, 6.07) is 0.353. The van der Waals surface area contributed by atoms with Crippen LogP contribution in [0.3, 0.4) is 0 Å². The molecule has 0 bridgehead atoms. The van der Waals surface area contributed by atoms with Crippen molar-refractivity contribution in [2.75, 3.05) is 19.6 Å². The van der Waals surface area contributed by atoms with Crippen molar-refractivity contribution in [2.45, 2.75) is 71.6 Å². The Hall–Kier alpha value is -0.610. The van der Waals surface area contributed by atoms with Crippen molar-refractivity contribution < 1.29 is 9.53 Å². The van der Waals surface area contributed by atoms with Gasteiger partial charge in [-0.3, -0.25) is 9.69 Å². The third-order valence-electron chi connectivity index (χ3n) is 3.50. The lowest BCUT2D eigenvalue weighted by atomic mass is 10.0. The smallest absolute Gasteiger partial charge is 0.323 e. The van der Waals surface area contributed by atoms with E-state index in [1.165, 1.54) is 0 Å². The lowest BCUT2D eigenvalue weighted by Gasteiger charge is -2.38. The van der Waals surface area contributed by atoms with Crippen LogP contribution < -0.4 is 5.32 Å². The third kappa shape index (κ3) is 5.49. The third-order valence-corrected chi connectivity index (χ3v) is 3.50. The van der Waals surface area contributed by atoms with E-state index in [1.54, 1.807) is 0 Å². The molecule has 1 atom stereocenters. The minimum atomic E-state index is -0.405. The van der Waals surface area contributed by atoms with Crippen molar-refractivity contribution in [2.24, 2.45) is 0 Å². The van der Waals surface area contributed by atoms with Gasteiger partial charge in [-0.25, -0.2) is 0 Å². The summed E-state index contributed by atoms with van der Waals surface area (Å²) in [7, 11) is 0. The Bertz CT molecular complexity index is 280. The number of nitrogens with zero attached hydrogens (tertiary/aromatic N) is 1. The second-order valence-electron chi connectivity index (χ2n) is 6.43. The van der Waals surface area contributed by atoms with Gasteiger partial charge in [0.1, 0.15) is 11.6 Å². The minimum absolute atomic E-state index is 0.0977. The molecule has 19 heavy (non-hydrogen) atoms. The molecule has 0 aromatic carbocycles. The molecule has 0 aromatic rings. The van der Waals surface area contributed by atoms with Crippen LogP contribution in [0, 0.1) is 0 Å². The van der Waals surface area contributed by atoms with Gasteiger partial charge < -0.3 is 10.1 Å². The first-order valence-electron chi connectivity index (χ1n) is 7.54. The molecule has 112 valence electrons. The van der Waals surface area contributed by atoms with E-state index in [9.17, 15) is 4.79 Å². The Kier molecular flexibility index (Phi) is 6.27. The normalized spacial score (nSPS) is 19.5. The molecule has 0 amide bonds. The molecule has 1 N–H and O–H groups in total. The molecule has 1 aliphatic rings. The topological polar surface area (TPSA) is 41.6 Å². The molecule has 1 fully saturated rings. The Morgan fingerprint density at radius 3 is 2.42 bits per heavy atom. The molecule has 4 nitrogen and oxygen atoms in total. The number of piperidine rings is 1. The molecule has 0 aliphatic carbocycles. The molecule has 0 radical (unpaired) electrons. The maximum absolute atomic E-state index is 12.2. The van der Waals surface area contributed by atoms with Crippen LogP contribution in [0.5, 0.6) is 0 Å². The summed E-state index contributed by atoms with van der Waals surface area (Å²) < 4.78 is 5.52. The molecule has 0 saturated carbocycles. The van der Waals surface area contributed by atoms with E-state index < -0.39 is 5.60 Å². The van der Waals surface area contributed by atoms with Crippen LogP contribution in [-0.4, -0.2) is 48.2 Å². The molecular weight excluding hydrogens is 240 g/mol. The van der Waals surface area contributed by atoms with Gasteiger partial charge in [-0.15, -0.1) is 0 Å². The average Bonchev–Trinajstić information content (AvgIpc) is 2.34. The standard InChI is InChI=1S/C15H30N2O2/c1-6-11-17(13-7-9-16-10-8-13)12(2)14(18)19-15(3,4)5/h12-13,16H,6-11H2,1-5H3. The van der Waals surface area contributed by atoms with E-state index in [0.717, 1.165) is 38.9 Å². The van der Waals surface area contributed by atoms with Gasteiger partial charge in [0.05, 0.1) is 0 Å². The first-order chi connectivity index (χ1) is 8.85. The van der Waals surface area contributed by atoms with Gasteiger partial charge in [0.25, 0.3) is 0 Å².